The van der Waals surface area contributed by atoms with Crippen LogP contribution in [0.5, 0.6) is 0 Å². The molecule has 4 amide bonds. The maximum absolute atomic E-state index is 12.8. The fourth-order valence-electron chi connectivity index (χ4n) is 2.98. The molecule has 164 valence electrons. The summed E-state index contributed by atoms with van der Waals surface area (Å²) in [5.74, 6) is -2.43. The molecule has 0 unspecified atom stereocenters. The van der Waals surface area contributed by atoms with Crippen LogP contribution in [0.15, 0.2) is 24.3 Å². The summed E-state index contributed by atoms with van der Waals surface area (Å²) in [6.45, 7) is 3.98. The minimum Gasteiger partial charge on any atom is -0.451 e. The van der Waals surface area contributed by atoms with Crippen molar-refractivity contribution in [3.05, 3.63) is 29.8 Å². The lowest BCUT2D eigenvalue weighted by molar-refractivity contribution is -0.155. The molecule has 11 heteroatoms. The molecular weight excluding hydrogens is 407 g/mol. The average molecular weight is 429 g/mol. The molecule has 0 bridgehead atoms. The van der Waals surface area contributed by atoms with Gasteiger partial charge in [-0.25, -0.2) is 4.79 Å². The molecule has 2 N–H and O–H groups in total. The first-order valence-electron chi connectivity index (χ1n) is 9.25. The first-order chi connectivity index (χ1) is 13.9. The Kier molecular flexibility index (Phi) is 6.73. The summed E-state index contributed by atoms with van der Waals surface area (Å²) < 4.78 is 43.2. The molecule has 30 heavy (non-hydrogen) atoms. The van der Waals surface area contributed by atoms with Gasteiger partial charge in [0.25, 0.3) is 11.8 Å². The largest absolute Gasteiger partial charge is 0.451 e. The third-order valence-corrected chi connectivity index (χ3v) is 4.88. The first kappa shape index (κ1) is 23.2. The van der Waals surface area contributed by atoms with Crippen LogP contribution in [-0.4, -0.2) is 46.9 Å². The van der Waals surface area contributed by atoms with Crippen LogP contribution in [0.2, 0.25) is 0 Å². The van der Waals surface area contributed by atoms with Crippen LogP contribution in [-0.2, 0) is 25.3 Å². The summed E-state index contributed by atoms with van der Waals surface area (Å²) in [5.41, 5.74) is -2.15. The van der Waals surface area contributed by atoms with E-state index in [0.717, 1.165) is 18.2 Å². The van der Waals surface area contributed by atoms with Crippen LogP contribution in [0, 0.1) is 0 Å². The minimum absolute atomic E-state index is 0.123. The summed E-state index contributed by atoms with van der Waals surface area (Å²) in [6, 6.07) is 3.24. The van der Waals surface area contributed by atoms with Crippen molar-refractivity contribution in [2.24, 2.45) is 0 Å². The smallest absolute Gasteiger partial charge is 0.416 e. The Morgan fingerprint density at radius 3 is 2.40 bits per heavy atom. The normalized spacial score (nSPS) is 16.8. The zero-order valence-electron chi connectivity index (χ0n) is 16.6. The van der Waals surface area contributed by atoms with Crippen molar-refractivity contribution in [2.75, 3.05) is 11.9 Å². The molecule has 1 aliphatic heterocycles. The number of ether oxygens (including phenoxy) is 1. The molecule has 1 saturated heterocycles. The van der Waals surface area contributed by atoms with Crippen molar-refractivity contribution in [1.29, 1.82) is 0 Å². The summed E-state index contributed by atoms with van der Waals surface area (Å²) in [7, 11) is 0. The molecule has 2 rings (SSSR count). The van der Waals surface area contributed by atoms with Crippen molar-refractivity contribution < 1.29 is 37.1 Å². The number of alkyl halides is 3. The Morgan fingerprint density at radius 2 is 1.87 bits per heavy atom. The number of hydrogen-bond donors (Lipinski definition) is 2. The van der Waals surface area contributed by atoms with E-state index in [4.69, 9.17) is 4.74 Å². The summed E-state index contributed by atoms with van der Waals surface area (Å²) in [4.78, 5) is 49.5. The highest BCUT2D eigenvalue weighted by molar-refractivity contribution is 6.08. The number of nitrogens with zero attached hydrogens (tertiary/aromatic N) is 1. The summed E-state index contributed by atoms with van der Waals surface area (Å²) >= 11 is 0. The van der Waals surface area contributed by atoms with Gasteiger partial charge >= 0.3 is 18.2 Å². The number of carbonyl (C=O) groups excluding carboxylic acids is 4. The number of imide groups is 1. The van der Waals surface area contributed by atoms with Crippen LogP contribution >= 0.6 is 0 Å². The standard InChI is InChI=1S/C19H22F3N3O5/c1-4-18(5-2)16(28)25(17(29)24-18)10-14(26)30-11(3)15(27)23-13-8-6-7-12(9-13)19(20,21)22/h6-9,11H,4-5,10H2,1-3H3,(H,23,27)(H,24,29)/t11-/m1/s1. The van der Waals surface area contributed by atoms with Crippen LogP contribution in [0.1, 0.15) is 39.2 Å². The Morgan fingerprint density at radius 1 is 1.23 bits per heavy atom. The number of benzene rings is 1. The lowest BCUT2D eigenvalue weighted by Crippen LogP contribution is -2.46. The van der Waals surface area contributed by atoms with Crippen molar-refractivity contribution in [2.45, 2.75) is 51.4 Å². The van der Waals surface area contributed by atoms with Gasteiger partial charge in [-0.15, -0.1) is 0 Å². The molecule has 0 saturated carbocycles. The van der Waals surface area contributed by atoms with Gasteiger partial charge in [0.15, 0.2) is 6.10 Å². The Labute approximate surface area is 170 Å². The van der Waals surface area contributed by atoms with Gasteiger partial charge in [0.1, 0.15) is 12.1 Å². The van der Waals surface area contributed by atoms with Gasteiger partial charge in [-0.05, 0) is 38.0 Å². The van der Waals surface area contributed by atoms with Gasteiger partial charge in [-0.3, -0.25) is 19.3 Å². The van der Waals surface area contributed by atoms with Gasteiger partial charge in [0.2, 0.25) is 0 Å². The van der Waals surface area contributed by atoms with Crippen LogP contribution in [0.3, 0.4) is 0 Å². The highest BCUT2D eigenvalue weighted by Crippen LogP contribution is 2.30. The molecule has 1 aliphatic rings. The van der Waals surface area contributed by atoms with E-state index in [0.29, 0.717) is 17.7 Å². The zero-order valence-corrected chi connectivity index (χ0v) is 16.6. The van der Waals surface area contributed by atoms with E-state index in [9.17, 15) is 32.3 Å². The molecular formula is C19H22F3N3O5. The quantitative estimate of drug-likeness (QED) is 0.512. The van der Waals surface area contributed by atoms with E-state index >= 15 is 0 Å². The van der Waals surface area contributed by atoms with Crippen molar-refractivity contribution >= 4 is 29.5 Å². The number of carbonyl (C=O) groups is 4. The van der Waals surface area contributed by atoms with Gasteiger partial charge < -0.3 is 15.4 Å². The average Bonchev–Trinajstić information content (AvgIpc) is 2.92. The number of nitrogens with one attached hydrogen (secondary N) is 2. The van der Waals surface area contributed by atoms with Crippen LogP contribution in [0.25, 0.3) is 0 Å². The Balaban J connectivity index is 1.97. The third-order valence-electron chi connectivity index (χ3n) is 4.88. The number of amides is 4. The molecule has 0 aromatic heterocycles. The molecule has 8 nitrogen and oxygen atoms in total. The second-order valence-corrected chi connectivity index (χ2v) is 6.81. The number of rotatable bonds is 7. The molecule has 1 aromatic carbocycles. The summed E-state index contributed by atoms with van der Waals surface area (Å²) in [5, 5.41) is 4.78. The van der Waals surface area contributed by atoms with Gasteiger partial charge in [-0.1, -0.05) is 19.9 Å². The van der Waals surface area contributed by atoms with Crippen molar-refractivity contribution in [3.8, 4) is 0 Å². The monoisotopic (exact) mass is 429 g/mol. The number of anilines is 1. The fraction of sp³-hybridized carbons (Fsp3) is 0.474. The molecule has 1 aromatic rings. The summed E-state index contributed by atoms with van der Waals surface area (Å²) in [6.07, 6.45) is -5.26. The van der Waals surface area contributed by atoms with Crippen molar-refractivity contribution in [3.63, 3.8) is 0 Å². The highest BCUT2D eigenvalue weighted by Gasteiger charge is 2.49. The number of urea groups is 1. The van der Waals surface area contributed by atoms with E-state index in [1.165, 1.54) is 13.0 Å². The topological polar surface area (TPSA) is 105 Å². The second kappa shape index (κ2) is 8.72. The number of hydrogen-bond acceptors (Lipinski definition) is 5. The number of esters is 1. The van der Waals surface area contributed by atoms with Crippen LogP contribution < -0.4 is 10.6 Å². The molecule has 0 spiro atoms. The highest BCUT2D eigenvalue weighted by atomic mass is 19.4. The molecule has 0 radical (unpaired) electrons. The van der Waals surface area contributed by atoms with E-state index in [2.05, 4.69) is 10.6 Å². The molecule has 0 aliphatic carbocycles. The predicted molar refractivity (Wildman–Crippen MR) is 99.2 cm³/mol. The Bertz CT molecular complexity index is 852. The van der Waals surface area contributed by atoms with Gasteiger partial charge in [-0.2, -0.15) is 13.2 Å². The maximum Gasteiger partial charge on any atom is 0.416 e. The Hall–Kier alpha value is -3.11. The maximum atomic E-state index is 12.8. The predicted octanol–water partition coefficient (Wildman–Crippen LogP) is 2.69. The SMILES string of the molecule is CCC1(CC)NC(=O)N(CC(=O)O[C@H](C)C(=O)Nc2cccc(C(F)(F)F)c2)C1=O. The zero-order chi connectivity index (χ0) is 22.7. The third kappa shape index (κ3) is 4.89. The number of halogens is 3. The van der Waals surface area contributed by atoms with E-state index < -0.39 is 53.7 Å². The molecule has 1 atom stereocenters. The minimum atomic E-state index is -4.58. The van der Waals surface area contributed by atoms with E-state index in [-0.39, 0.29) is 5.69 Å². The lowest BCUT2D eigenvalue weighted by Gasteiger charge is -2.23. The molecule has 1 fully saturated rings. The second-order valence-electron chi connectivity index (χ2n) is 6.81. The van der Waals surface area contributed by atoms with Gasteiger partial charge in [0, 0.05) is 5.69 Å². The van der Waals surface area contributed by atoms with Crippen molar-refractivity contribution in [1.82, 2.24) is 10.2 Å². The molecule has 1 heterocycles. The van der Waals surface area contributed by atoms with E-state index in [1.807, 2.05) is 0 Å². The lowest BCUT2D eigenvalue weighted by atomic mass is 9.93. The fourth-order valence-corrected chi connectivity index (χ4v) is 2.98. The first-order valence-corrected chi connectivity index (χ1v) is 9.25. The van der Waals surface area contributed by atoms with Gasteiger partial charge in [0.05, 0.1) is 5.56 Å². The van der Waals surface area contributed by atoms with E-state index in [1.54, 1.807) is 13.8 Å². The van der Waals surface area contributed by atoms with Crippen LogP contribution in [0.4, 0.5) is 23.7 Å².